The van der Waals surface area contributed by atoms with Crippen molar-refractivity contribution in [3.05, 3.63) is 29.8 Å². The first-order valence-corrected chi connectivity index (χ1v) is 7.63. The molecule has 0 aliphatic carbocycles. The van der Waals surface area contributed by atoms with Gasteiger partial charge in [0.1, 0.15) is 6.61 Å². The molecule has 0 unspecified atom stereocenters. The summed E-state index contributed by atoms with van der Waals surface area (Å²) in [6, 6.07) is 2.10. The molecule has 0 bridgehead atoms. The summed E-state index contributed by atoms with van der Waals surface area (Å²) in [7, 11) is 0. The molecule has 0 amide bonds. The summed E-state index contributed by atoms with van der Waals surface area (Å²) in [5, 5.41) is 27.9. The fourth-order valence-electron chi connectivity index (χ4n) is 1.98. The van der Waals surface area contributed by atoms with Crippen molar-refractivity contribution in [1.82, 2.24) is 0 Å². The lowest BCUT2D eigenvalue weighted by Gasteiger charge is -2.05. The summed E-state index contributed by atoms with van der Waals surface area (Å²) in [4.78, 5) is 11.7. The molecule has 3 N–H and O–H groups in total. The van der Waals surface area contributed by atoms with Gasteiger partial charge in [-0.15, -0.1) is 0 Å². The summed E-state index contributed by atoms with van der Waals surface area (Å²) in [6.45, 7) is 2.32. The van der Waals surface area contributed by atoms with E-state index in [2.05, 4.69) is 6.92 Å². The standard InChI is InChI=1S/C17H24O5/c1-2-3-4-5-6-7-8-9-10-22-17(21)13-11-14(18)16(20)15(19)12-13/h8-9,11-12,18-20H,2-7,10H2,1H3. The Morgan fingerprint density at radius 2 is 1.68 bits per heavy atom. The van der Waals surface area contributed by atoms with E-state index in [9.17, 15) is 20.1 Å². The number of esters is 1. The van der Waals surface area contributed by atoms with Gasteiger partial charge in [0.2, 0.25) is 0 Å². The van der Waals surface area contributed by atoms with Gasteiger partial charge in [-0.25, -0.2) is 4.79 Å². The molecule has 0 saturated heterocycles. The molecule has 22 heavy (non-hydrogen) atoms. The molecule has 0 spiro atoms. The van der Waals surface area contributed by atoms with Gasteiger partial charge in [0, 0.05) is 0 Å². The number of unbranched alkanes of at least 4 members (excludes halogenated alkanes) is 5. The van der Waals surface area contributed by atoms with Crippen molar-refractivity contribution in [3.8, 4) is 17.2 Å². The average Bonchev–Trinajstić information content (AvgIpc) is 2.50. The van der Waals surface area contributed by atoms with Gasteiger partial charge in [0.25, 0.3) is 0 Å². The second-order valence-corrected chi connectivity index (χ2v) is 5.14. The lowest BCUT2D eigenvalue weighted by molar-refractivity contribution is 0.0548. The average molecular weight is 308 g/mol. The van der Waals surface area contributed by atoms with Crippen LogP contribution in [0.25, 0.3) is 0 Å². The maximum atomic E-state index is 11.7. The maximum absolute atomic E-state index is 11.7. The molecular weight excluding hydrogens is 284 g/mol. The Bertz CT molecular complexity index is 485. The number of benzene rings is 1. The summed E-state index contributed by atoms with van der Waals surface area (Å²) >= 11 is 0. The molecule has 1 aromatic carbocycles. The maximum Gasteiger partial charge on any atom is 0.338 e. The first-order chi connectivity index (χ1) is 10.6. The topological polar surface area (TPSA) is 87.0 Å². The Kier molecular flexibility index (Phi) is 7.89. The predicted octanol–water partition coefficient (Wildman–Crippen LogP) is 3.88. The van der Waals surface area contributed by atoms with Crippen molar-refractivity contribution < 1.29 is 24.9 Å². The summed E-state index contributed by atoms with van der Waals surface area (Å²) in [6.07, 6.45) is 10.8. The highest BCUT2D eigenvalue weighted by atomic mass is 16.5. The van der Waals surface area contributed by atoms with Gasteiger partial charge in [0.15, 0.2) is 17.2 Å². The number of phenols is 3. The van der Waals surface area contributed by atoms with Gasteiger partial charge in [-0.05, 0) is 25.0 Å². The normalized spacial score (nSPS) is 11.0. The fraction of sp³-hybridized carbons (Fsp3) is 0.471. The third kappa shape index (κ3) is 6.08. The molecule has 5 nitrogen and oxygen atoms in total. The van der Waals surface area contributed by atoms with Gasteiger partial charge in [0.05, 0.1) is 5.56 Å². The number of aromatic hydroxyl groups is 3. The predicted molar refractivity (Wildman–Crippen MR) is 84.2 cm³/mol. The van der Waals surface area contributed by atoms with E-state index in [-0.39, 0.29) is 12.2 Å². The van der Waals surface area contributed by atoms with Gasteiger partial charge < -0.3 is 20.1 Å². The minimum Gasteiger partial charge on any atom is -0.504 e. The Morgan fingerprint density at radius 1 is 1.05 bits per heavy atom. The molecule has 0 heterocycles. The van der Waals surface area contributed by atoms with E-state index >= 15 is 0 Å². The molecule has 0 aliphatic rings. The molecule has 5 heteroatoms. The molecule has 0 aromatic heterocycles. The van der Waals surface area contributed by atoms with E-state index in [0.29, 0.717) is 0 Å². The Balaban J connectivity index is 2.29. The Hall–Kier alpha value is -2.17. The van der Waals surface area contributed by atoms with Crippen molar-refractivity contribution in [1.29, 1.82) is 0 Å². The van der Waals surface area contributed by atoms with Crippen LogP contribution in [0.4, 0.5) is 0 Å². The fourth-order valence-corrected chi connectivity index (χ4v) is 1.98. The monoisotopic (exact) mass is 308 g/mol. The number of carbonyl (C=O) groups excluding carboxylic acids is 1. The molecule has 0 atom stereocenters. The number of ether oxygens (including phenoxy) is 1. The molecule has 0 aliphatic heterocycles. The van der Waals surface area contributed by atoms with Crippen molar-refractivity contribution in [2.24, 2.45) is 0 Å². The zero-order valence-corrected chi connectivity index (χ0v) is 12.9. The molecule has 0 fully saturated rings. The van der Waals surface area contributed by atoms with Gasteiger partial charge in [-0.2, -0.15) is 0 Å². The van der Waals surface area contributed by atoms with Crippen LogP contribution < -0.4 is 0 Å². The summed E-state index contributed by atoms with van der Waals surface area (Å²) in [5.74, 6) is -2.44. The summed E-state index contributed by atoms with van der Waals surface area (Å²) < 4.78 is 4.99. The van der Waals surface area contributed by atoms with Crippen LogP contribution in [0.3, 0.4) is 0 Å². The second-order valence-electron chi connectivity index (χ2n) is 5.14. The van der Waals surface area contributed by atoms with Crippen molar-refractivity contribution in [3.63, 3.8) is 0 Å². The third-order valence-electron chi connectivity index (χ3n) is 3.26. The zero-order chi connectivity index (χ0) is 16.4. The van der Waals surface area contributed by atoms with Crippen LogP contribution in [0.5, 0.6) is 17.2 Å². The highest BCUT2D eigenvalue weighted by molar-refractivity contribution is 5.91. The van der Waals surface area contributed by atoms with E-state index in [4.69, 9.17) is 4.74 Å². The van der Waals surface area contributed by atoms with Crippen molar-refractivity contribution in [2.45, 2.75) is 45.4 Å². The van der Waals surface area contributed by atoms with Crippen LogP contribution in [-0.4, -0.2) is 27.9 Å². The smallest absolute Gasteiger partial charge is 0.338 e. The van der Waals surface area contributed by atoms with Crippen molar-refractivity contribution in [2.75, 3.05) is 6.61 Å². The molecule has 0 radical (unpaired) electrons. The lowest BCUT2D eigenvalue weighted by Crippen LogP contribution is -2.04. The molecular formula is C17H24O5. The number of rotatable bonds is 9. The SMILES string of the molecule is CCCCCCCC=CCOC(=O)c1cc(O)c(O)c(O)c1. The van der Waals surface area contributed by atoms with E-state index in [1.165, 1.54) is 25.7 Å². The van der Waals surface area contributed by atoms with Crippen LogP contribution in [0, 0.1) is 0 Å². The van der Waals surface area contributed by atoms with E-state index in [0.717, 1.165) is 25.0 Å². The van der Waals surface area contributed by atoms with Gasteiger partial charge in [-0.1, -0.05) is 44.8 Å². The number of hydrogen-bond donors (Lipinski definition) is 3. The first kappa shape index (κ1) is 17.9. The molecule has 1 aromatic rings. The second kappa shape index (κ2) is 9.71. The van der Waals surface area contributed by atoms with Crippen LogP contribution in [-0.2, 0) is 4.74 Å². The number of phenolic OH excluding ortho intramolecular Hbond substituents is 3. The first-order valence-electron chi connectivity index (χ1n) is 7.63. The number of allylic oxidation sites excluding steroid dienone is 1. The van der Waals surface area contributed by atoms with E-state index in [1.54, 1.807) is 6.08 Å². The van der Waals surface area contributed by atoms with Crippen molar-refractivity contribution >= 4 is 5.97 Å². The number of carbonyl (C=O) groups is 1. The summed E-state index contributed by atoms with van der Waals surface area (Å²) in [5.41, 5.74) is -0.0132. The Labute approximate surface area is 130 Å². The van der Waals surface area contributed by atoms with E-state index < -0.39 is 23.2 Å². The van der Waals surface area contributed by atoms with E-state index in [1.807, 2.05) is 6.08 Å². The third-order valence-corrected chi connectivity index (χ3v) is 3.26. The molecule has 122 valence electrons. The van der Waals surface area contributed by atoms with Crippen LogP contribution in [0.1, 0.15) is 55.8 Å². The van der Waals surface area contributed by atoms with Gasteiger partial charge in [-0.3, -0.25) is 0 Å². The minimum atomic E-state index is -0.668. The highest BCUT2D eigenvalue weighted by Gasteiger charge is 2.13. The van der Waals surface area contributed by atoms with Crippen LogP contribution >= 0.6 is 0 Å². The highest BCUT2D eigenvalue weighted by Crippen LogP contribution is 2.35. The molecule has 1 rings (SSSR count). The lowest BCUT2D eigenvalue weighted by atomic mass is 10.1. The Morgan fingerprint density at radius 3 is 2.32 bits per heavy atom. The largest absolute Gasteiger partial charge is 0.504 e. The minimum absolute atomic E-state index is 0.0132. The van der Waals surface area contributed by atoms with Crippen LogP contribution in [0.15, 0.2) is 24.3 Å². The zero-order valence-electron chi connectivity index (χ0n) is 12.9. The quantitative estimate of drug-likeness (QED) is 0.279. The molecule has 0 saturated carbocycles. The number of hydrogen-bond acceptors (Lipinski definition) is 5. The van der Waals surface area contributed by atoms with Crippen LogP contribution in [0.2, 0.25) is 0 Å². The van der Waals surface area contributed by atoms with Gasteiger partial charge >= 0.3 is 5.97 Å².